The van der Waals surface area contributed by atoms with Crippen molar-refractivity contribution in [3.8, 4) is 0 Å². The monoisotopic (exact) mass is 200 g/mol. The van der Waals surface area contributed by atoms with E-state index in [-0.39, 0.29) is 11.9 Å². The van der Waals surface area contributed by atoms with E-state index in [0.717, 1.165) is 19.4 Å². The molecule has 1 aliphatic heterocycles. The number of carbonyl (C=O) groups is 1. The lowest BCUT2D eigenvalue weighted by Gasteiger charge is -2.15. The first-order valence-corrected chi connectivity index (χ1v) is 5.32. The van der Waals surface area contributed by atoms with Crippen LogP contribution in [-0.4, -0.2) is 25.1 Å². The Labute approximate surface area is 85.3 Å². The van der Waals surface area contributed by atoms with Crippen molar-refractivity contribution in [2.45, 2.75) is 39.2 Å². The summed E-state index contributed by atoms with van der Waals surface area (Å²) in [5.41, 5.74) is 2.96. The van der Waals surface area contributed by atoms with Gasteiger partial charge < -0.3 is 10.2 Å². The Hall–Kier alpha value is -0.610. The number of hydroxylamine groups is 1. The fourth-order valence-corrected chi connectivity index (χ4v) is 1.41. The van der Waals surface area contributed by atoms with Crippen LogP contribution < -0.4 is 10.8 Å². The van der Waals surface area contributed by atoms with Gasteiger partial charge in [-0.25, -0.2) is 0 Å². The number of rotatable bonds is 4. The van der Waals surface area contributed by atoms with E-state index >= 15 is 0 Å². The molecule has 2 N–H and O–H groups in total. The second-order valence-corrected chi connectivity index (χ2v) is 4.22. The standard InChI is InChI=1S/C10H20N2O2/c1-8(2)7-14-12-9-4-3-5-11-10(13)6-9/h8-9,12H,3-7H2,1-2H3,(H,11,13). The second-order valence-electron chi connectivity index (χ2n) is 4.22. The molecule has 1 heterocycles. The summed E-state index contributed by atoms with van der Waals surface area (Å²) in [5, 5.41) is 2.84. The fourth-order valence-electron chi connectivity index (χ4n) is 1.41. The molecule has 0 aliphatic carbocycles. The van der Waals surface area contributed by atoms with Crippen molar-refractivity contribution < 1.29 is 9.63 Å². The Morgan fingerprint density at radius 3 is 3.14 bits per heavy atom. The summed E-state index contributed by atoms with van der Waals surface area (Å²) in [5.74, 6) is 0.634. The lowest BCUT2D eigenvalue weighted by Crippen LogP contribution is -2.33. The van der Waals surface area contributed by atoms with Crippen LogP contribution in [-0.2, 0) is 9.63 Å². The largest absolute Gasteiger partial charge is 0.356 e. The van der Waals surface area contributed by atoms with E-state index in [1.54, 1.807) is 0 Å². The van der Waals surface area contributed by atoms with Gasteiger partial charge in [0.05, 0.1) is 6.61 Å². The van der Waals surface area contributed by atoms with Crippen LogP contribution in [0, 0.1) is 5.92 Å². The van der Waals surface area contributed by atoms with Gasteiger partial charge in [-0.15, -0.1) is 0 Å². The third-order valence-corrected chi connectivity index (χ3v) is 2.15. The van der Waals surface area contributed by atoms with Crippen LogP contribution in [0.1, 0.15) is 33.1 Å². The van der Waals surface area contributed by atoms with E-state index in [2.05, 4.69) is 24.6 Å². The first-order chi connectivity index (χ1) is 6.68. The molecule has 1 amide bonds. The minimum Gasteiger partial charge on any atom is -0.356 e. The molecule has 1 atom stereocenters. The maximum atomic E-state index is 11.2. The fraction of sp³-hybridized carbons (Fsp3) is 0.900. The zero-order chi connectivity index (χ0) is 10.4. The second kappa shape index (κ2) is 5.98. The van der Waals surface area contributed by atoms with Crippen LogP contribution in [0.15, 0.2) is 0 Å². The predicted molar refractivity (Wildman–Crippen MR) is 54.6 cm³/mol. The quantitative estimate of drug-likeness (QED) is 0.661. The zero-order valence-corrected chi connectivity index (χ0v) is 9.01. The summed E-state index contributed by atoms with van der Waals surface area (Å²) in [6, 6.07) is 0.177. The van der Waals surface area contributed by atoms with Gasteiger partial charge in [0.15, 0.2) is 0 Å². The summed E-state index contributed by atoms with van der Waals surface area (Å²) < 4.78 is 0. The molecular weight excluding hydrogens is 180 g/mol. The lowest BCUT2D eigenvalue weighted by atomic mass is 10.1. The van der Waals surface area contributed by atoms with Gasteiger partial charge in [0.25, 0.3) is 0 Å². The Kier molecular flexibility index (Phi) is 4.90. The van der Waals surface area contributed by atoms with Gasteiger partial charge in [-0.1, -0.05) is 13.8 Å². The molecule has 0 radical (unpaired) electrons. The van der Waals surface area contributed by atoms with Gasteiger partial charge in [0.2, 0.25) is 5.91 Å². The van der Waals surface area contributed by atoms with Crippen LogP contribution in [0.2, 0.25) is 0 Å². The number of nitrogens with one attached hydrogen (secondary N) is 2. The summed E-state index contributed by atoms with van der Waals surface area (Å²) >= 11 is 0. The SMILES string of the molecule is CC(C)CONC1CCCNC(=O)C1. The lowest BCUT2D eigenvalue weighted by molar-refractivity contribution is -0.122. The van der Waals surface area contributed by atoms with E-state index in [1.165, 1.54) is 0 Å². The van der Waals surface area contributed by atoms with Crippen LogP contribution >= 0.6 is 0 Å². The van der Waals surface area contributed by atoms with Crippen molar-refractivity contribution in [2.75, 3.05) is 13.2 Å². The Bertz CT molecular complexity index is 183. The smallest absolute Gasteiger partial charge is 0.221 e. The van der Waals surface area contributed by atoms with Gasteiger partial charge in [-0.3, -0.25) is 4.79 Å². The highest BCUT2D eigenvalue weighted by atomic mass is 16.6. The van der Waals surface area contributed by atoms with Crippen LogP contribution in [0.4, 0.5) is 0 Å². The van der Waals surface area contributed by atoms with Crippen molar-refractivity contribution in [1.29, 1.82) is 0 Å². The molecule has 1 unspecified atom stereocenters. The van der Waals surface area contributed by atoms with Crippen molar-refractivity contribution in [2.24, 2.45) is 5.92 Å². The minimum absolute atomic E-state index is 0.119. The zero-order valence-electron chi connectivity index (χ0n) is 9.01. The van der Waals surface area contributed by atoms with Crippen molar-refractivity contribution in [3.05, 3.63) is 0 Å². The van der Waals surface area contributed by atoms with Crippen LogP contribution in [0.3, 0.4) is 0 Å². The van der Waals surface area contributed by atoms with E-state index in [9.17, 15) is 4.79 Å². The molecule has 4 heteroatoms. The van der Waals surface area contributed by atoms with E-state index < -0.39 is 0 Å². The van der Waals surface area contributed by atoms with Gasteiger partial charge in [0.1, 0.15) is 0 Å². The number of hydrogen-bond donors (Lipinski definition) is 2. The first kappa shape index (κ1) is 11.5. The molecular formula is C10H20N2O2. The van der Waals surface area contributed by atoms with Gasteiger partial charge in [0, 0.05) is 19.0 Å². The highest BCUT2D eigenvalue weighted by Gasteiger charge is 2.16. The summed E-state index contributed by atoms with van der Waals surface area (Å²) in [6.07, 6.45) is 2.55. The van der Waals surface area contributed by atoms with Crippen molar-refractivity contribution in [1.82, 2.24) is 10.8 Å². The van der Waals surface area contributed by atoms with Crippen molar-refractivity contribution >= 4 is 5.91 Å². The molecule has 0 saturated carbocycles. The third-order valence-electron chi connectivity index (χ3n) is 2.15. The average Bonchev–Trinajstić information content (AvgIpc) is 2.29. The molecule has 0 bridgehead atoms. The predicted octanol–water partition coefficient (Wildman–Crippen LogP) is 0.832. The van der Waals surface area contributed by atoms with E-state index in [1.807, 2.05) is 0 Å². The first-order valence-electron chi connectivity index (χ1n) is 5.32. The van der Waals surface area contributed by atoms with Gasteiger partial charge in [-0.05, 0) is 18.8 Å². The average molecular weight is 200 g/mol. The molecule has 1 fully saturated rings. The van der Waals surface area contributed by atoms with Crippen LogP contribution in [0.25, 0.3) is 0 Å². The molecule has 1 saturated heterocycles. The number of amides is 1. The van der Waals surface area contributed by atoms with E-state index in [4.69, 9.17) is 4.84 Å². The molecule has 4 nitrogen and oxygen atoms in total. The molecule has 0 aromatic heterocycles. The molecule has 14 heavy (non-hydrogen) atoms. The van der Waals surface area contributed by atoms with E-state index in [0.29, 0.717) is 18.9 Å². The molecule has 82 valence electrons. The third kappa shape index (κ3) is 4.58. The highest BCUT2D eigenvalue weighted by Crippen LogP contribution is 2.06. The molecule has 1 aliphatic rings. The maximum absolute atomic E-state index is 11.2. The Morgan fingerprint density at radius 2 is 2.43 bits per heavy atom. The Balaban J connectivity index is 2.18. The Morgan fingerprint density at radius 1 is 1.64 bits per heavy atom. The van der Waals surface area contributed by atoms with Gasteiger partial charge in [-0.2, -0.15) is 5.48 Å². The minimum atomic E-state index is 0.119. The maximum Gasteiger partial charge on any atom is 0.221 e. The van der Waals surface area contributed by atoms with Crippen LogP contribution in [0.5, 0.6) is 0 Å². The normalized spacial score (nSPS) is 23.4. The highest BCUT2D eigenvalue weighted by molar-refractivity contribution is 5.76. The summed E-state index contributed by atoms with van der Waals surface area (Å²) in [4.78, 5) is 16.5. The topological polar surface area (TPSA) is 50.4 Å². The molecule has 0 aromatic rings. The molecule has 1 rings (SSSR count). The number of carbonyl (C=O) groups excluding carboxylic acids is 1. The molecule has 0 aromatic carbocycles. The number of hydrogen-bond acceptors (Lipinski definition) is 3. The van der Waals surface area contributed by atoms with Gasteiger partial charge >= 0.3 is 0 Å². The van der Waals surface area contributed by atoms with Crippen molar-refractivity contribution in [3.63, 3.8) is 0 Å². The summed E-state index contributed by atoms with van der Waals surface area (Å²) in [6.45, 7) is 5.68. The summed E-state index contributed by atoms with van der Waals surface area (Å²) in [7, 11) is 0. The molecule has 0 spiro atoms.